The summed E-state index contributed by atoms with van der Waals surface area (Å²) in [6.45, 7) is 3.87. The van der Waals surface area contributed by atoms with Gasteiger partial charge in [-0.05, 0) is 37.2 Å². The third-order valence-corrected chi connectivity index (χ3v) is 2.95. The molecule has 0 bridgehead atoms. The minimum Gasteiger partial charge on any atom is -0.496 e. The summed E-state index contributed by atoms with van der Waals surface area (Å²) < 4.78 is 10.7. The second-order valence-electron chi connectivity index (χ2n) is 3.91. The van der Waals surface area contributed by atoms with Crippen molar-refractivity contribution in [2.45, 2.75) is 20.3 Å². The van der Waals surface area contributed by atoms with Crippen molar-refractivity contribution in [1.29, 1.82) is 0 Å². The average Bonchev–Trinajstić information content (AvgIpc) is 2.28. The molecule has 0 fully saturated rings. The number of ketones is 1. The Morgan fingerprint density at radius 2 is 1.65 bits per heavy atom. The molecule has 0 aliphatic rings. The van der Waals surface area contributed by atoms with Gasteiger partial charge in [-0.2, -0.15) is 0 Å². The molecule has 0 spiro atoms. The standard InChI is InChI=1S/C13H19O3P/c1-8-7-9(2)13(16-4)11(12(8)15-3)10(14)5-6-17/h7H,5-6,17H2,1-4H3. The first-order valence-electron chi connectivity index (χ1n) is 5.52. The van der Waals surface area contributed by atoms with Gasteiger partial charge in [0.2, 0.25) is 0 Å². The van der Waals surface area contributed by atoms with Crippen LogP contribution in [0.1, 0.15) is 27.9 Å². The van der Waals surface area contributed by atoms with Gasteiger partial charge < -0.3 is 9.47 Å². The smallest absolute Gasteiger partial charge is 0.170 e. The Kier molecular flexibility index (Phi) is 4.95. The maximum Gasteiger partial charge on any atom is 0.170 e. The van der Waals surface area contributed by atoms with Gasteiger partial charge >= 0.3 is 0 Å². The molecular weight excluding hydrogens is 235 g/mol. The van der Waals surface area contributed by atoms with Crippen molar-refractivity contribution in [1.82, 2.24) is 0 Å². The van der Waals surface area contributed by atoms with E-state index in [1.165, 1.54) is 0 Å². The molecule has 3 nitrogen and oxygen atoms in total. The Balaban J connectivity index is 3.45. The Hall–Kier alpha value is -1.08. The first-order valence-corrected chi connectivity index (χ1v) is 6.33. The summed E-state index contributed by atoms with van der Waals surface area (Å²) in [5.74, 6) is 1.30. The Bertz CT molecular complexity index is 399. The Labute approximate surface area is 105 Å². The van der Waals surface area contributed by atoms with Crippen molar-refractivity contribution in [2.75, 3.05) is 20.4 Å². The zero-order valence-electron chi connectivity index (χ0n) is 10.8. The molecule has 1 aromatic rings. The summed E-state index contributed by atoms with van der Waals surface area (Å²) in [5, 5.41) is 0. The Morgan fingerprint density at radius 3 is 2.00 bits per heavy atom. The van der Waals surface area contributed by atoms with Crippen LogP contribution in [-0.2, 0) is 0 Å². The molecule has 0 N–H and O–H groups in total. The molecule has 1 unspecified atom stereocenters. The van der Waals surface area contributed by atoms with Crippen LogP contribution in [0.2, 0.25) is 0 Å². The van der Waals surface area contributed by atoms with Gasteiger partial charge in [-0.25, -0.2) is 0 Å². The molecule has 0 aromatic heterocycles. The normalized spacial score (nSPS) is 10.2. The van der Waals surface area contributed by atoms with E-state index in [2.05, 4.69) is 9.24 Å². The molecule has 0 aliphatic heterocycles. The average molecular weight is 254 g/mol. The number of aryl methyl sites for hydroxylation is 2. The van der Waals surface area contributed by atoms with Crippen LogP contribution >= 0.6 is 9.24 Å². The highest BCUT2D eigenvalue weighted by Gasteiger charge is 2.21. The maximum atomic E-state index is 12.1. The van der Waals surface area contributed by atoms with Gasteiger partial charge in [0.1, 0.15) is 17.1 Å². The van der Waals surface area contributed by atoms with Gasteiger partial charge in [0, 0.05) is 6.42 Å². The van der Waals surface area contributed by atoms with Gasteiger partial charge in [0.05, 0.1) is 14.2 Å². The first kappa shape index (κ1) is 14.0. The van der Waals surface area contributed by atoms with Crippen LogP contribution in [-0.4, -0.2) is 26.2 Å². The number of carbonyl (C=O) groups is 1. The summed E-state index contributed by atoms with van der Waals surface area (Å²) in [4.78, 5) is 12.1. The summed E-state index contributed by atoms with van der Waals surface area (Å²) in [7, 11) is 5.71. The maximum absolute atomic E-state index is 12.1. The third-order valence-electron chi connectivity index (χ3n) is 2.66. The molecular formula is C13H19O3P. The van der Waals surface area contributed by atoms with E-state index in [0.29, 0.717) is 23.5 Å². The second-order valence-corrected chi connectivity index (χ2v) is 4.49. The SMILES string of the molecule is COc1c(C)cc(C)c(OC)c1C(=O)CCP. The zero-order chi connectivity index (χ0) is 13.0. The van der Waals surface area contributed by atoms with E-state index < -0.39 is 0 Å². The lowest BCUT2D eigenvalue weighted by Crippen LogP contribution is -2.08. The topological polar surface area (TPSA) is 35.5 Å². The summed E-state index contributed by atoms with van der Waals surface area (Å²) >= 11 is 0. The molecule has 0 saturated carbocycles. The highest BCUT2D eigenvalue weighted by atomic mass is 31.0. The van der Waals surface area contributed by atoms with Crippen molar-refractivity contribution in [2.24, 2.45) is 0 Å². The van der Waals surface area contributed by atoms with Gasteiger partial charge in [-0.1, -0.05) is 0 Å². The molecule has 0 aliphatic carbocycles. The molecule has 0 saturated heterocycles. The number of benzene rings is 1. The van der Waals surface area contributed by atoms with Crippen LogP contribution in [0.25, 0.3) is 0 Å². The van der Waals surface area contributed by atoms with Crippen LogP contribution in [0.4, 0.5) is 0 Å². The van der Waals surface area contributed by atoms with E-state index >= 15 is 0 Å². The van der Waals surface area contributed by atoms with Crippen molar-refractivity contribution < 1.29 is 14.3 Å². The summed E-state index contributed by atoms with van der Waals surface area (Å²) in [6.07, 6.45) is 1.21. The lowest BCUT2D eigenvalue weighted by Gasteiger charge is -2.16. The number of hydrogen-bond acceptors (Lipinski definition) is 3. The van der Waals surface area contributed by atoms with Crippen LogP contribution in [0.5, 0.6) is 11.5 Å². The van der Waals surface area contributed by atoms with Crippen molar-refractivity contribution in [3.8, 4) is 11.5 Å². The fourth-order valence-corrected chi connectivity index (χ4v) is 2.25. The van der Waals surface area contributed by atoms with Crippen LogP contribution in [0, 0.1) is 13.8 Å². The highest BCUT2D eigenvalue weighted by molar-refractivity contribution is 7.16. The van der Waals surface area contributed by atoms with Crippen LogP contribution in [0.3, 0.4) is 0 Å². The number of rotatable bonds is 5. The molecule has 4 heteroatoms. The lowest BCUT2D eigenvalue weighted by atomic mass is 9.99. The zero-order valence-corrected chi connectivity index (χ0v) is 11.9. The van der Waals surface area contributed by atoms with E-state index in [1.807, 2.05) is 19.9 Å². The third kappa shape index (κ3) is 2.78. The van der Waals surface area contributed by atoms with Gasteiger partial charge in [0.25, 0.3) is 0 Å². The number of ether oxygens (including phenoxy) is 2. The fourth-order valence-electron chi connectivity index (χ4n) is 1.99. The summed E-state index contributed by atoms with van der Waals surface area (Å²) in [5.41, 5.74) is 2.48. The quantitative estimate of drug-likeness (QED) is 0.598. The molecule has 0 heterocycles. The minimum absolute atomic E-state index is 0.0560. The van der Waals surface area contributed by atoms with E-state index in [4.69, 9.17) is 9.47 Å². The van der Waals surface area contributed by atoms with Crippen molar-refractivity contribution in [3.63, 3.8) is 0 Å². The molecule has 1 rings (SSSR count). The van der Waals surface area contributed by atoms with Gasteiger partial charge in [0.15, 0.2) is 5.78 Å². The van der Waals surface area contributed by atoms with Crippen LogP contribution < -0.4 is 9.47 Å². The van der Waals surface area contributed by atoms with E-state index in [9.17, 15) is 4.79 Å². The van der Waals surface area contributed by atoms with Crippen LogP contribution in [0.15, 0.2) is 6.07 Å². The largest absolute Gasteiger partial charge is 0.496 e. The predicted octanol–water partition coefficient (Wildman–Crippen LogP) is 2.77. The molecule has 94 valence electrons. The Morgan fingerprint density at radius 1 is 1.18 bits per heavy atom. The second kappa shape index (κ2) is 6.02. The number of methoxy groups -OCH3 is 2. The molecule has 0 amide bonds. The number of Topliss-reactive ketones (excluding diaryl/α,β-unsaturated/α-hetero) is 1. The molecule has 0 radical (unpaired) electrons. The lowest BCUT2D eigenvalue weighted by molar-refractivity contribution is 0.0983. The minimum atomic E-state index is 0.0560. The van der Waals surface area contributed by atoms with E-state index in [-0.39, 0.29) is 5.78 Å². The van der Waals surface area contributed by atoms with Gasteiger partial charge in [-0.3, -0.25) is 4.79 Å². The molecule has 1 aromatic carbocycles. The predicted molar refractivity (Wildman–Crippen MR) is 72.5 cm³/mol. The van der Waals surface area contributed by atoms with Crippen molar-refractivity contribution >= 4 is 15.0 Å². The summed E-state index contributed by atoms with van der Waals surface area (Å²) in [6, 6.07) is 1.97. The molecule has 17 heavy (non-hydrogen) atoms. The number of hydrogen-bond donors (Lipinski definition) is 0. The number of carbonyl (C=O) groups excluding carboxylic acids is 1. The fraction of sp³-hybridized carbons (Fsp3) is 0.462. The van der Waals surface area contributed by atoms with E-state index in [1.54, 1.807) is 14.2 Å². The van der Waals surface area contributed by atoms with Gasteiger partial charge in [-0.15, -0.1) is 9.24 Å². The van der Waals surface area contributed by atoms with Crippen molar-refractivity contribution in [3.05, 3.63) is 22.8 Å². The molecule has 1 atom stereocenters. The monoisotopic (exact) mass is 254 g/mol. The first-order chi connectivity index (χ1) is 8.06. The highest BCUT2D eigenvalue weighted by Crippen LogP contribution is 2.35. The van der Waals surface area contributed by atoms with E-state index in [0.717, 1.165) is 17.3 Å².